The summed E-state index contributed by atoms with van der Waals surface area (Å²) in [5.41, 5.74) is 2.71. The lowest BCUT2D eigenvalue weighted by Gasteiger charge is -2.13. The Morgan fingerprint density at radius 2 is 2.25 bits per heavy atom. The summed E-state index contributed by atoms with van der Waals surface area (Å²) in [4.78, 5) is 4.38. The van der Waals surface area contributed by atoms with Crippen molar-refractivity contribution in [1.82, 2.24) is 10.3 Å². The van der Waals surface area contributed by atoms with Crippen LogP contribution in [-0.2, 0) is 5.54 Å². The first kappa shape index (κ1) is 7.74. The normalized spacial score (nSPS) is 19.2. The first-order valence-corrected chi connectivity index (χ1v) is 4.39. The highest BCUT2D eigenvalue weighted by Gasteiger charge is 2.43. The number of pyridine rings is 1. The molecule has 64 valence electrons. The monoisotopic (exact) mass is 162 g/mol. The van der Waals surface area contributed by atoms with E-state index in [4.69, 9.17) is 0 Å². The third-order valence-electron chi connectivity index (χ3n) is 2.63. The minimum Gasteiger partial charge on any atom is -0.309 e. The van der Waals surface area contributed by atoms with Gasteiger partial charge in [-0.1, -0.05) is 0 Å². The van der Waals surface area contributed by atoms with Gasteiger partial charge in [-0.15, -0.1) is 0 Å². The molecule has 0 aromatic carbocycles. The maximum atomic E-state index is 4.38. The SMILES string of the molecule is CNC1(c2cc(C)ccn2)CC1. The molecule has 1 aliphatic rings. The molecule has 12 heavy (non-hydrogen) atoms. The van der Waals surface area contributed by atoms with E-state index in [0.717, 1.165) is 0 Å². The lowest BCUT2D eigenvalue weighted by atomic mass is 10.1. The van der Waals surface area contributed by atoms with Crippen molar-refractivity contribution in [1.29, 1.82) is 0 Å². The van der Waals surface area contributed by atoms with Gasteiger partial charge in [-0.25, -0.2) is 0 Å². The first-order valence-electron chi connectivity index (χ1n) is 4.39. The maximum Gasteiger partial charge on any atom is 0.0608 e. The smallest absolute Gasteiger partial charge is 0.0608 e. The molecule has 1 fully saturated rings. The molecular weight excluding hydrogens is 148 g/mol. The second kappa shape index (κ2) is 2.56. The molecule has 1 aromatic heterocycles. The summed E-state index contributed by atoms with van der Waals surface area (Å²) >= 11 is 0. The zero-order valence-electron chi connectivity index (χ0n) is 7.59. The Morgan fingerprint density at radius 3 is 2.75 bits per heavy atom. The van der Waals surface area contributed by atoms with Gasteiger partial charge in [-0.3, -0.25) is 4.98 Å². The quantitative estimate of drug-likeness (QED) is 0.714. The van der Waals surface area contributed by atoms with Gasteiger partial charge in [0, 0.05) is 6.20 Å². The van der Waals surface area contributed by atoms with Crippen molar-refractivity contribution in [3.63, 3.8) is 0 Å². The molecule has 0 atom stereocenters. The Hall–Kier alpha value is -0.890. The number of nitrogens with one attached hydrogen (secondary N) is 1. The molecule has 0 spiro atoms. The summed E-state index contributed by atoms with van der Waals surface area (Å²) in [5.74, 6) is 0. The summed E-state index contributed by atoms with van der Waals surface area (Å²) in [6.07, 6.45) is 4.34. The van der Waals surface area contributed by atoms with Gasteiger partial charge in [-0.2, -0.15) is 0 Å². The topological polar surface area (TPSA) is 24.9 Å². The summed E-state index contributed by atoms with van der Waals surface area (Å²) in [6, 6.07) is 4.21. The van der Waals surface area contributed by atoms with Gasteiger partial charge in [0.15, 0.2) is 0 Å². The zero-order chi connectivity index (χ0) is 8.60. The van der Waals surface area contributed by atoms with Crippen LogP contribution in [0.25, 0.3) is 0 Å². The highest BCUT2D eigenvalue weighted by atomic mass is 15.0. The van der Waals surface area contributed by atoms with Crippen LogP contribution in [0.5, 0.6) is 0 Å². The van der Waals surface area contributed by atoms with Gasteiger partial charge in [0.2, 0.25) is 0 Å². The molecule has 0 radical (unpaired) electrons. The van der Waals surface area contributed by atoms with Gasteiger partial charge in [-0.05, 0) is 44.5 Å². The predicted octanol–water partition coefficient (Wildman–Crippen LogP) is 1.60. The van der Waals surface area contributed by atoms with E-state index in [1.807, 2.05) is 19.3 Å². The highest BCUT2D eigenvalue weighted by molar-refractivity contribution is 5.26. The fraction of sp³-hybridized carbons (Fsp3) is 0.500. The van der Waals surface area contributed by atoms with E-state index in [2.05, 4.69) is 23.3 Å². The molecule has 0 unspecified atom stereocenters. The van der Waals surface area contributed by atoms with E-state index in [-0.39, 0.29) is 5.54 Å². The Bertz CT molecular complexity index is 290. The Morgan fingerprint density at radius 1 is 1.50 bits per heavy atom. The van der Waals surface area contributed by atoms with Crippen molar-refractivity contribution in [3.8, 4) is 0 Å². The molecule has 0 amide bonds. The second-order valence-electron chi connectivity index (χ2n) is 3.55. The predicted molar refractivity (Wildman–Crippen MR) is 48.9 cm³/mol. The van der Waals surface area contributed by atoms with Gasteiger partial charge in [0.25, 0.3) is 0 Å². The molecule has 1 aliphatic carbocycles. The number of hydrogen-bond donors (Lipinski definition) is 1. The molecule has 0 bridgehead atoms. The standard InChI is InChI=1S/C10H14N2/c1-8-3-6-12-9(7-8)10(11-2)4-5-10/h3,6-7,11H,4-5H2,1-2H3. The van der Waals surface area contributed by atoms with Crippen molar-refractivity contribution in [2.45, 2.75) is 25.3 Å². The van der Waals surface area contributed by atoms with Crippen LogP contribution in [0.4, 0.5) is 0 Å². The van der Waals surface area contributed by atoms with Gasteiger partial charge < -0.3 is 5.32 Å². The van der Waals surface area contributed by atoms with Crippen LogP contribution < -0.4 is 5.32 Å². The number of aromatic nitrogens is 1. The Labute approximate surface area is 73.0 Å². The fourth-order valence-corrected chi connectivity index (χ4v) is 1.56. The average Bonchev–Trinajstić information content (AvgIpc) is 2.84. The number of aryl methyl sites for hydroxylation is 1. The molecule has 2 nitrogen and oxygen atoms in total. The first-order chi connectivity index (χ1) is 5.77. The summed E-state index contributed by atoms with van der Waals surface area (Å²) in [6.45, 7) is 2.11. The molecule has 1 saturated carbocycles. The maximum absolute atomic E-state index is 4.38. The molecule has 0 saturated heterocycles. The molecule has 1 heterocycles. The van der Waals surface area contributed by atoms with E-state index < -0.39 is 0 Å². The van der Waals surface area contributed by atoms with E-state index in [0.29, 0.717) is 0 Å². The second-order valence-corrected chi connectivity index (χ2v) is 3.55. The summed E-state index contributed by atoms with van der Waals surface area (Å²) in [7, 11) is 2.01. The van der Waals surface area contributed by atoms with E-state index in [9.17, 15) is 0 Å². The van der Waals surface area contributed by atoms with Crippen LogP contribution in [0.15, 0.2) is 18.3 Å². The van der Waals surface area contributed by atoms with Crippen LogP contribution in [0.2, 0.25) is 0 Å². The fourth-order valence-electron chi connectivity index (χ4n) is 1.56. The third-order valence-corrected chi connectivity index (χ3v) is 2.63. The molecular formula is C10H14N2. The lowest BCUT2D eigenvalue weighted by molar-refractivity contribution is 0.567. The summed E-state index contributed by atoms with van der Waals surface area (Å²) < 4.78 is 0. The van der Waals surface area contributed by atoms with Crippen LogP contribution >= 0.6 is 0 Å². The molecule has 1 N–H and O–H groups in total. The van der Waals surface area contributed by atoms with E-state index in [1.54, 1.807) is 0 Å². The average molecular weight is 162 g/mol. The van der Waals surface area contributed by atoms with Gasteiger partial charge >= 0.3 is 0 Å². The lowest BCUT2D eigenvalue weighted by Crippen LogP contribution is -2.25. The van der Waals surface area contributed by atoms with Crippen molar-refractivity contribution in [2.75, 3.05) is 7.05 Å². The highest BCUT2D eigenvalue weighted by Crippen LogP contribution is 2.43. The number of nitrogens with zero attached hydrogens (tertiary/aromatic N) is 1. The Balaban J connectivity index is 2.34. The molecule has 2 rings (SSSR count). The van der Waals surface area contributed by atoms with Crippen LogP contribution in [0.1, 0.15) is 24.1 Å². The number of rotatable bonds is 2. The summed E-state index contributed by atoms with van der Waals surface area (Å²) in [5, 5.41) is 3.33. The molecule has 1 aromatic rings. The van der Waals surface area contributed by atoms with E-state index in [1.165, 1.54) is 24.1 Å². The molecule has 2 heteroatoms. The minimum atomic E-state index is 0.214. The largest absolute Gasteiger partial charge is 0.309 e. The molecule has 0 aliphatic heterocycles. The Kier molecular flexibility index (Phi) is 1.65. The zero-order valence-corrected chi connectivity index (χ0v) is 7.59. The number of hydrogen-bond acceptors (Lipinski definition) is 2. The van der Waals surface area contributed by atoms with Gasteiger partial charge in [0.05, 0.1) is 11.2 Å². The van der Waals surface area contributed by atoms with Crippen molar-refractivity contribution >= 4 is 0 Å². The third kappa shape index (κ3) is 1.12. The van der Waals surface area contributed by atoms with Crippen LogP contribution in [-0.4, -0.2) is 12.0 Å². The van der Waals surface area contributed by atoms with Crippen molar-refractivity contribution in [3.05, 3.63) is 29.6 Å². The van der Waals surface area contributed by atoms with Crippen molar-refractivity contribution < 1.29 is 0 Å². The van der Waals surface area contributed by atoms with Crippen molar-refractivity contribution in [2.24, 2.45) is 0 Å². The van der Waals surface area contributed by atoms with Gasteiger partial charge in [0.1, 0.15) is 0 Å². The van der Waals surface area contributed by atoms with Crippen LogP contribution in [0.3, 0.4) is 0 Å². The minimum absolute atomic E-state index is 0.214. The van der Waals surface area contributed by atoms with E-state index >= 15 is 0 Å². The van der Waals surface area contributed by atoms with Crippen LogP contribution in [0, 0.1) is 6.92 Å².